The van der Waals surface area contributed by atoms with E-state index in [-0.39, 0.29) is 0 Å². The summed E-state index contributed by atoms with van der Waals surface area (Å²) in [5.74, 6) is 0. The Morgan fingerprint density at radius 2 is 2.25 bits per heavy atom. The SMILES string of the molecule is CNC(CCCOC)c1ccc(Br)c(Cl)c1. The minimum absolute atomic E-state index is 0.334. The van der Waals surface area contributed by atoms with Crippen LogP contribution >= 0.6 is 27.5 Å². The third kappa shape index (κ3) is 4.06. The number of rotatable bonds is 6. The number of hydrogen-bond donors (Lipinski definition) is 1. The van der Waals surface area contributed by atoms with Crippen LogP contribution in [0.2, 0.25) is 5.02 Å². The maximum Gasteiger partial charge on any atom is 0.0551 e. The van der Waals surface area contributed by atoms with Gasteiger partial charge >= 0.3 is 0 Å². The molecule has 0 heterocycles. The second kappa shape index (κ2) is 7.28. The second-order valence-electron chi connectivity index (χ2n) is 3.65. The maximum atomic E-state index is 6.08. The van der Waals surface area contributed by atoms with Gasteiger partial charge in [0.1, 0.15) is 0 Å². The van der Waals surface area contributed by atoms with Crippen LogP contribution in [-0.4, -0.2) is 20.8 Å². The Morgan fingerprint density at radius 1 is 1.50 bits per heavy atom. The van der Waals surface area contributed by atoms with E-state index in [9.17, 15) is 0 Å². The normalized spacial score (nSPS) is 12.8. The molecule has 1 aromatic rings. The zero-order chi connectivity index (χ0) is 12.0. The maximum absolute atomic E-state index is 6.08. The number of benzene rings is 1. The van der Waals surface area contributed by atoms with Crippen LogP contribution in [-0.2, 0) is 4.74 Å². The quantitative estimate of drug-likeness (QED) is 0.807. The molecule has 4 heteroatoms. The smallest absolute Gasteiger partial charge is 0.0551 e. The molecular formula is C12H17BrClNO. The highest BCUT2D eigenvalue weighted by Gasteiger charge is 2.10. The van der Waals surface area contributed by atoms with Gasteiger partial charge in [-0.15, -0.1) is 0 Å². The molecule has 0 fully saturated rings. The zero-order valence-corrected chi connectivity index (χ0v) is 11.9. The number of nitrogens with one attached hydrogen (secondary N) is 1. The number of ether oxygens (including phenoxy) is 1. The van der Waals surface area contributed by atoms with E-state index in [0.717, 1.165) is 28.9 Å². The van der Waals surface area contributed by atoms with Crippen LogP contribution in [0.5, 0.6) is 0 Å². The van der Waals surface area contributed by atoms with E-state index < -0.39 is 0 Å². The van der Waals surface area contributed by atoms with Gasteiger partial charge in [0.05, 0.1) is 5.02 Å². The highest BCUT2D eigenvalue weighted by molar-refractivity contribution is 9.10. The molecule has 0 saturated carbocycles. The van der Waals surface area contributed by atoms with E-state index >= 15 is 0 Å². The molecule has 0 saturated heterocycles. The molecule has 1 unspecified atom stereocenters. The van der Waals surface area contributed by atoms with E-state index in [4.69, 9.17) is 16.3 Å². The summed E-state index contributed by atoms with van der Waals surface area (Å²) in [4.78, 5) is 0. The molecule has 0 aliphatic rings. The van der Waals surface area contributed by atoms with Gasteiger partial charge in [-0.1, -0.05) is 17.7 Å². The molecule has 16 heavy (non-hydrogen) atoms. The summed E-state index contributed by atoms with van der Waals surface area (Å²) in [7, 11) is 3.69. The first-order valence-corrected chi connectivity index (χ1v) is 6.47. The molecule has 0 bridgehead atoms. The van der Waals surface area contributed by atoms with Gasteiger partial charge in [0.2, 0.25) is 0 Å². The molecule has 2 nitrogen and oxygen atoms in total. The average molecular weight is 307 g/mol. The lowest BCUT2D eigenvalue weighted by atomic mass is 10.0. The molecular weight excluding hydrogens is 289 g/mol. The van der Waals surface area contributed by atoms with Crippen molar-refractivity contribution in [3.63, 3.8) is 0 Å². The minimum Gasteiger partial charge on any atom is -0.385 e. The van der Waals surface area contributed by atoms with Gasteiger partial charge in [0.15, 0.2) is 0 Å². The van der Waals surface area contributed by atoms with Crippen LogP contribution in [0.4, 0.5) is 0 Å². The third-order valence-electron chi connectivity index (χ3n) is 2.54. The standard InChI is InChI=1S/C12H17BrClNO/c1-15-12(4-3-7-16-2)9-5-6-10(13)11(14)8-9/h5-6,8,12,15H,3-4,7H2,1-2H3. The molecule has 0 spiro atoms. The predicted octanol–water partition coefficient (Wildman–Crippen LogP) is 3.79. The summed E-state index contributed by atoms with van der Waals surface area (Å²) in [6.07, 6.45) is 2.08. The van der Waals surface area contributed by atoms with Crippen LogP contribution in [0.1, 0.15) is 24.4 Å². The fourth-order valence-corrected chi connectivity index (χ4v) is 2.07. The summed E-state index contributed by atoms with van der Waals surface area (Å²) >= 11 is 9.47. The number of hydrogen-bond acceptors (Lipinski definition) is 2. The van der Waals surface area contributed by atoms with Crippen molar-refractivity contribution in [2.75, 3.05) is 20.8 Å². The van der Waals surface area contributed by atoms with Crippen LogP contribution in [0.3, 0.4) is 0 Å². The van der Waals surface area contributed by atoms with Gasteiger partial charge in [0, 0.05) is 24.2 Å². The van der Waals surface area contributed by atoms with Crippen LogP contribution in [0.25, 0.3) is 0 Å². The third-order valence-corrected chi connectivity index (χ3v) is 3.77. The molecule has 0 aliphatic carbocycles. The molecule has 90 valence electrons. The van der Waals surface area contributed by atoms with Crippen molar-refractivity contribution in [2.24, 2.45) is 0 Å². The molecule has 0 radical (unpaired) electrons. The van der Waals surface area contributed by atoms with Crippen molar-refractivity contribution in [1.82, 2.24) is 5.32 Å². The Labute approximate surface area is 110 Å². The fourth-order valence-electron chi connectivity index (χ4n) is 1.64. The lowest BCUT2D eigenvalue weighted by Gasteiger charge is -2.17. The Kier molecular flexibility index (Phi) is 6.36. The van der Waals surface area contributed by atoms with Gasteiger partial charge in [-0.05, 0) is 53.5 Å². The van der Waals surface area contributed by atoms with Gasteiger partial charge in [0.25, 0.3) is 0 Å². The average Bonchev–Trinajstić information content (AvgIpc) is 2.29. The summed E-state index contributed by atoms with van der Waals surface area (Å²) < 4.78 is 5.99. The van der Waals surface area contributed by atoms with Crippen molar-refractivity contribution in [1.29, 1.82) is 0 Å². The molecule has 1 atom stereocenters. The van der Waals surface area contributed by atoms with Crippen LogP contribution in [0.15, 0.2) is 22.7 Å². The van der Waals surface area contributed by atoms with E-state index in [1.807, 2.05) is 19.2 Å². The lowest BCUT2D eigenvalue weighted by Crippen LogP contribution is -2.16. The first-order chi connectivity index (χ1) is 7.69. The topological polar surface area (TPSA) is 21.3 Å². The molecule has 1 N–H and O–H groups in total. The number of methoxy groups -OCH3 is 1. The van der Waals surface area contributed by atoms with Crippen molar-refractivity contribution in [3.05, 3.63) is 33.3 Å². The Morgan fingerprint density at radius 3 is 2.81 bits per heavy atom. The van der Waals surface area contributed by atoms with Crippen molar-refractivity contribution in [2.45, 2.75) is 18.9 Å². The Hall–Kier alpha value is -0.0900. The van der Waals surface area contributed by atoms with Gasteiger partial charge in [-0.3, -0.25) is 0 Å². The van der Waals surface area contributed by atoms with E-state index in [0.29, 0.717) is 6.04 Å². The van der Waals surface area contributed by atoms with Crippen molar-refractivity contribution < 1.29 is 4.74 Å². The minimum atomic E-state index is 0.334. The lowest BCUT2D eigenvalue weighted by molar-refractivity contribution is 0.189. The fraction of sp³-hybridized carbons (Fsp3) is 0.500. The zero-order valence-electron chi connectivity index (χ0n) is 9.59. The first kappa shape index (κ1) is 14.0. The summed E-state index contributed by atoms with van der Waals surface area (Å²) in [6, 6.07) is 6.41. The highest BCUT2D eigenvalue weighted by Crippen LogP contribution is 2.27. The van der Waals surface area contributed by atoms with Crippen LogP contribution < -0.4 is 5.32 Å². The van der Waals surface area contributed by atoms with Gasteiger partial charge < -0.3 is 10.1 Å². The second-order valence-corrected chi connectivity index (χ2v) is 4.91. The Balaban J connectivity index is 2.67. The summed E-state index contributed by atoms with van der Waals surface area (Å²) in [5, 5.41) is 4.05. The first-order valence-electron chi connectivity index (χ1n) is 5.30. The molecule has 0 amide bonds. The van der Waals surface area contributed by atoms with Gasteiger partial charge in [-0.25, -0.2) is 0 Å². The number of halogens is 2. The van der Waals surface area contributed by atoms with E-state index in [2.05, 4.69) is 27.3 Å². The summed E-state index contributed by atoms with van der Waals surface area (Å²) in [5.41, 5.74) is 1.21. The van der Waals surface area contributed by atoms with E-state index in [1.54, 1.807) is 7.11 Å². The largest absolute Gasteiger partial charge is 0.385 e. The molecule has 1 aromatic carbocycles. The highest BCUT2D eigenvalue weighted by atomic mass is 79.9. The monoisotopic (exact) mass is 305 g/mol. The molecule has 0 aliphatic heterocycles. The van der Waals surface area contributed by atoms with Crippen LogP contribution in [0, 0.1) is 0 Å². The molecule has 0 aromatic heterocycles. The van der Waals surface area contributed by atoms with Gasteiger partial charge in [-0.2, -0.15) is 0 Å². The van der Waals surface area contributed by atoms with Crippen molar-refractivity contribution >= 4 is 27.5 Å². The van der Waals surface area contributed by atoms with E-state index in [1.165, 1.54) is 5.56 Å². The Bertz CT molecular complexity index is 333. The molecule has 1 rings (SSSR count). The summed E-state index contributed by atoms with van der Waals surface area (Å²) in [6.45, 7) is 0.794. The van der Waals surface area contributed by atoms with Crippen molar-refractivity contribution in [3.8, 4) is 0 Å². The predicted molar refractivity (Wildman–Crippen MR) is 72.1 cm³/mol.